The van der Waals surface area contributed by atoms with Crippen LogP contribution in [0.3, 0.4) is 0 Å². The van der Waals surface area contributed by atoms with Crippen molar-refractivity contribution >= 4 is 63.5 Å². The summed E-state index contributed by atoms with van der Waals surface area (Å²) in [4.78, 5) is 0. The largest absolute Gasteiger partial charge is 0.450 e. The Morgan fingerprint density at radius 3 is 2.50 bits per heavy atom. The predicted octanol–water partition coefficient (Wildman–Crippen LogP) is 5.12. The van der Waals surface area contributed by atoms with Crippen molar-refractivity contribution in [3.05, 3.63) is 28.2 Å². The van der Waals surface area contributed by atoms with Crippen LogP contribution in [0.2, 0.25) is 10.0 Å². The van der Waals surface area contributed by atoms with Gasteiger partial charge < -0.3 is 4.52 Å². The van der Waals surface area contributed by atoms with Gasteiger partial charge in [0.15, 0.2) is 0 Å². The van der Waals surface area contributed by atoms with Crippen molar-refractivity contribution in [2.45, 2.75) is 0 Å². The van der Waals surface area contributed by atoms with E-state index >= 15 is 0 Å². The number of halogens is 4. The summed E-state index contributed by atoms with van der Waals surface area (Å²) in [5.41, 5.74) is -2.41. The van der Waals surface area contributed by atoms with E-state index in [4.69, 9.17) is 62.4 Å². The molecule has 7 heteroatoms. The van der Waals surface area contributed by atoms with E-state index in [1.165, 1.54) is 0 Å². The lowest BCUT2D eigenvalue weighted by Crippen LogP contribution is -1.88. The molecule has 0 radical (unpaired) electrons. The molecule has 1 rings (SSSR count). The molecule has 1 atom stereocenters. The molecule has 0 aliphatic carbocycles. The molecule has 14 heavy (non-hydrogen) atoms. The number of rotatable bonds is 3. The van der Waals surface area contributed by atoms with E-state index in [0.717, 1.165) is 0 Å². The SMILES string of the molecule is S=P(Cl)(CCl)Oc1ccc(Cl)cc1Cl. The van der Waals surface area contributed by atoms with Gasteiger partial charge in [0.05, 0.1) is 10.6 Å². The highest BCUT2D eigenvalue weighted by Gasteiger charge is 2.15. The van der Waals surface area contributed by atoms with Gasteiger partial charge in [0, 0.05) is 5.02 Å². The van der Waals surface area contributed by atoms with Gasteiger partial charge in [-0.25, -0.2) is 0 Å². The van der Waals surface area contributed by atoms with Gasteiger partial charge in [-0.2, -0.15) is 0 Å². The average molecular weight is 310 g/mol. The van der Waals surface area contributed by atoms with E-state index in [2.05, 4.69) is 0 Å². The minimum atomic E-state index is -2.49. The third-order valence-electron chi connectivity index (χ3n) is 1.27. The van der Waals surface area contributed by atoms with Gasteiger partial charge in [0.1, 0.15) is 5.75 Å². The van der Waals surface area contributed by atoms with Crippen LogP contribution in [0.4, 0.5) is 0 Å². The van der Waals surface area contributed by atoms with Gasteiger partial charge >= 0.3 is 0 Å². The summed E-state index contributed by atoms with van der Waals surface area (Å²) >= 11 is 27.9. The van der Waals surface area contributed by atoms with Gasteiger partial charge in [-0.3, -0.25) is 0 Å². The Morgan fingerprint density at radius 2 is 2.00 bits per heavy atom. The summed E-state index contributed by atoms with van der Waals surface area (Å²) in [5.74, 6) is 0.412. The van der Waals surface area contributed by atoms with Crippen molar-refractivity contribution in [2.75, 3.05) is 5.62 Å². The maximum Gasteiger partial charge on any atom is 0.213 e. The number of hydrogen-bond acceptors (Lipinski definition) is 2. The number of alkyl halides is 1. The second-order valence-electron chi connectivity index (χ2n) is 2.38. The molecule has 0 saturated carbocycles. The molecule has 0 bridgehead atoms. The standard InChI is InChI=1S/C7H5Cl4OPS/c8-4-13(11,14)12-7-2-1-5(9)3-6(7)10/h1-3H,4H2. The molecule has 1 unspecified atom stereocenters. The van der Waals surface area contributed by atoms with Gasteiger partial charge in [-0.1, -0.05) is 23.2 Å². The van der Waals surface area contributed by atoms with E-state index in [9.17, 15) is 0 Å². The number of hydrogen-bond donors (Lipinski definition) is 0. The molecule has 0 N–H and O–H groups in total. The van der Waals surface area contributed by atoms with Crippen LogP contribution in [-0.4, -0.2) is 5.62 Å². The van der Waals surface area contributed by atoms with Crippen LogP contribution in [0.15, 0.2) is 18.2 Å². The Kier molecular flexibility index (Phi) is 4.83. The average Bonchev–Trinajstić information content (AvgIpc) is 2.10. The maximum absolute atomic E-state index is 5.85. The molecular weight excluding hydrogens is 305 g/mol. The quantitative estimate of drug-likeness (QED) is 0.566. The van der Waals surface area contributed by atoms with Gasteiger partial charge in [0.25, 0.3) is 0 Å². The summed E-state index contributed by atoms with van der Waals surface area (Å²) < 4.78 is 5.31. The third-order valence-corrected chi connectivity index (χ3v) is 5.54. The maximum atomic E-state index is 5.85. The molecule has 78 valence electrons. The Hall–Kier alpha value is 0.830. The molecule has 0 aliphatic rings. The highest BCUT2D eigenvalue weighted by atomic mass is 35.7. The Morgan fingerprint density at radius 1 is 1.36 bits per heavy atom. The summed E-state index contributed by atoms with van der Waals surface area (Å²) in [6.45, 7) is 0. The van der Waals surface area contributed by atoms with Crippen molar-refractivity contribution in [2.24, 2.45) is 0 Å². The van der Waals surface area contributed by atoms with Crippen LogP contribution in [0.1, 0.15) is 0 Å². The van der Waals surface area contributed by atoms with Gasteiger partial charge in [-0.05, 0) is 41.2 Å². The zero-order valence-electron chi connectivity index (χ0n) is 6.71. The molecule has 1 aromatic rings. The summed E-state index contributed by atoms with van der Waals surface area (Å²) in [5, 5.41) is 0.897. The van der Waals surface area contributed by atoms with E-state index < -0.39 is 5.62 Å². The molecule has 0 fully saturated rings. The Labute approximate surface area is 107 Å². The molecule has 1 aromatic carbocycles. The first-order valence-corrected chi connectivity index (χ1v) is 8.54. The lowest BCUT2D eigenvalue weighted by molar-refractivity contribution is 0.628. The van der Waals surface area contributed by atoms with Crippen molar-refractivity contribution in [1.82, 2.24) is 0 Å². The predicted molar refractivity (Wildman–Crippen MR) is 67.9 cm³/mol. The smallest absolute Gasteiger partial charge is 0.213 e. The first-order chi connectivity index (χ1) is 6.44. The van der Waals surface area contributed by atoms with Crippen LogP contribution in [0.25, 0.3) is 0 Å². The number of benzene rings is 1. The monoisotopic (exact) mass is 308 g/mol. The Balaban J connectivity index is 2.93. The fourth-order valence-electron chi connectivity index (χ4n) is 0.721. The minimum absolute atomic E-state index is 0.0862. The summed E-state index contributed by atoms with van der Waals surface area (Å²) in [6.07, 6.45) is 0. The topological polar surface area (TPSA) is 9.23 Å². The van der Waals surface area contributed by atoms with Gasteiger partial charge in [-0.15, -0.1) is 11.6 Å². The summed E-state index contributed by atoms with van der Waals surface area (Å²) in [6, 6.07) is 4.81. The molecule has 0 saturated heterocycles. The molecule has 0 amide bonds. The summed E-state index contributed by atoms with van der Waals surface area (Å²) in [7, 11) is 0. The highest BCUT2D eigenvalue weighted by molar-refractivity contribution is 8.25. The lowest BCUT2D eigenvalue weighted by atomic mass is 10.3. The second kappa shape index (κ2) is 5.25. The molecule has 0 aliphatic heterocycles. The van der Waals surface area contributed by atoms with E-state index in [0.29, 0.717) is 15.8 Å². The fraction of sp³-hybridized carbons (Fsp3) is 0.143. The molecule has 0 heterocycles. The molecule has 0 spiro atoms. The molecule has 0 aromatic heterocycles. The molecular formula is C7H5Cl4OPS. The van der Waals surface area contributed by atoms with Crippen molar-refractivity contribution in [3.63, 3.8) is 0 Å². The van der Waals surface area contributed by atoms with Crippen molar-refractivity contribution in [3.8, 4) is 5.75 Å². The third kappa shape index (κ3) is 3.77. The zero-order valence-corrected chi connectivity index (χ0v) is 11.4. The molecule has 1 nitrogen and oxygen atoms in total. The van der Waals surface area contributed by atoms with Gasteiger partial charge in [0.2, 0.25) is 5.62 Å². The van der Waals surface area contributed by atoms with Crippen LogP contribution in [0.5, 0.6) is 5.75 Å². The lowest BCUT2D eigenvalue weighted by Gasteiger charge is -2.14. The van der Waals surface area contributed by atoms with Crippen LogP contribution in [0, 0.1) is 0 Å². The normalized spacial score (nSPS) is 14.9. The minimum Gasteiger partial charge on any atom is -0.450 e. The van der Waals surface area contributed by atoms with E-state index in [1.54, 1.807) is 18.2 Å². The van der Waals surface area contributed by atoms with Crippen molar-refractivity contribution in [1.29, 1.82) is 0 Å². The van der Waals surface area contributed by atoms with Crippen LogP contribution >= 0.6 is 51.7 Å². The zero-order chi connectivity index (χ0) is 10.8. The fourth-order valence-corrected chi connectivity index (χ4v) is 2.33. The van der Waals surface area contributed by atoms with Crippen LogP contribution in [-0.2, 0) is 11.8 Å². The van der Waals surface area contributed by atoms with E-state index in [-0.39, 0.29) is 5.62 Å². The Bertz CT molecular complexity index is 384. The van der Waals surface area contributed by atoms with Crippen LogP contribution < -0.4 is 4.52 Å². The highest BCUT2D eigenvalue weighted by Crippen LogP contribution is 2.54. The first kappa shape index (κ1) is 12.9. The van der Waals surface area contributed by atoms with Crippen molar-refractivity contribution < 1.29 is 4.52 Å². The first-order valence-electron chi connectivity index (χ1n) is 3.44. The second-order valence-corrected chi connectivity index (χ2v) is 9.55. The van der Waals surface area contributed by atoms with E-state index in [1.807, 2.05) is 0 Å².